The highest BCUT2D eigenvalue weighted by Crippen LogP contribution is 2.42. The van der Waals surface area contributed by atoms with Crippen molar-refractivity contribution in [3.05, 3.63) is 82.5 Å². The third kappa shape index (κ3) is 4.89. The molecule has 4 aromatic rings. The number of carbonyl (C=O) groups is 1. The highest BCUT2D eigenvalue weighted by Gasteiger charge is 2.35. The molecule has 0 aliphatic carbocycles. The Morgan fingerprint density at radius 2 is 1.57 bits per heavy atom. The zero-order chi connectivity index (χ0) is 28.4. The second kappa shape index (κ2) is 11.2. The van der Waals surface area contributed by atoms with Crippen molar-refractivity contribution in [2.45, 2.75) is 13.0 Å². The predicted octanol–water partition coefficient (Wildman–Crippen LogP) is 5.56. The molecule has 206 valence electrons. The van der Waals surface area contributed by atoms with Crippen LogP contribution < -0.4 is 29.6 Å². The number of methoxy groups -OCH3 is 4. The van der Waals surface area contributed by atoms with E-state index in [9.17, 15) is 4.79 Å². The van der Waals surface area contributed by atoms with Gasteiger partial charge in [-0.15, -0.1) is 5.10 Å². The Kier molecular flexibility index (Phi) is 7.52. The van der Waals surface area contributed by atoms with Gasteiger partial charge in [-0.1, -0.05) is 35.9 Å². The number of nitrogens with zero attached hydrogens (tertiary/aromatic N) is 3. The molecule has 5 rings (SSSR count). The largest absolute Gasteiger partial charge is 0.495 e. The fourth-order valence-electron chi connectivity index (χ4n) is 4.67. The number of carbonyl (C=O) groups excluding carboxylic acids is 1. The molecule has 0 radical (unpaired) electrons. The van der Waals surface area contributed by atoms with Gasteiger partial charge in [0.2, 0.25) is 11.7 Å². The molecule has 0 saturated heterocycles. The molecule has 10 nitrogen and oxygen atoms in total. The van der Waals surface area contributed by atoms with Crippen molar-refractivity contribution in [1.82, 2.24) is 14.8 Å². The molecule has 1 atom stereocenters. The fraction of sp³-hybridized carbons (Fsp3) is 0.207. The van der Waals surface area contributed by atoms with E-state index in [1.165, 1.54) is 0 Å². The van der Waals surface area contributed by atoms with Crippen LogP contribution in [0.1, 0.15) is 18.5 Å². The van der Waals surface area contributed by atoms with Crippen molar-refractivity contribution in [3.63, 3.8) is 0 Å². The van der Waals surface area contributed by atoms with Gasteiger partial charge in [-0.2, -0.15) is 4.98 Å². The zero-order valence-electron chi connectivity index (χ0n) is 22.6. The van der Waals surface area contributed by atoms with Crippen LogP contribution in [0.25, 0.3) is 11.4 Å². The molecule has 1 amide bonds. The van der Waals surface area contributed by atoms with E-state index in [4.69, 9.17) is 40.6 Å². The molecular formula is C29H28ClN5O5. The van der Waals surface area contributed by atoms with E-state index < -0.39 is 6.04 Å². The van der Waals surface area contributed by atoms with Gasteiger partial charge < -0.3 is 29.6 Å². The van der Waals surface area contributed by atoms with Crippen LogP contribution in [-0.2, 0) is 4.79 Å². The molecule has 1 aliphatic rings. The summed E-state index contributed by atoms with van der Waals surface area (Å²) in [7, 11) is 6.19. The lowest BCUT2D eigenvalue weighted by Gasteiger charge is -2.28. The van der Waals surface area contributed by atoms with E-state index in [0.29, 0.717) is 62.3 Å². The molecule has 2 N–H and O–H groups in total. The molecule has 40 heavy (non-hydrogen) atoms. The molecule has 0 spiro atoms. The molecule has 0 saturated carbocycles. The Morgan fingerprint density at radius 3 is 2.20 bits per heavy atom. The normalized spacial score (nSPS) is 14.2. The predicted molar refractivity (Wildman–Crippen MR) is 153 cm³/mol. The lowest BCUT2D eigenvalue weighted by atomic mass is 9.95. The number of aromatic nitrogens is 3. The number of para-hydroxylation sites is 2. The maximum atomic E-state index is 13.8. The van der Waals surface area contributed by atoms with Gasteiger partial charge in [0, 0.05) is 16.3 Å². The molecule has 2 heterocycles. The smallest absolute Gasteiger partial charge is 0.255 e. The van der Waals surface area contributed by atoms with E-state index >= 15 is 0 Å². The van der Waals surface area contributed by atoms with Crippen LogP contribution in [0.5, 0.6) is 23.0 Å². The Hall–Kier alpha value is -4.70. The van der Waals surface area contributed by atoms with Crippen molar-refractivity contribution in [2.24, 2.45) is 0 Å². The lowest BCUT2D eigenvalue weighted by molar-refractivity contribution is -0.113. The second-order valence-electron chi connectivity index (χ2n) is 8.89. The van der Waals surface area contributed by atoms with Crippen LogP contribution in [0.4, 0.5) is 11.6 Å². The van der Waals surface area contributed by atoms with Gasteiger partial charge in [-0.25, -0.2) is 4.68 Å². The maximum Gasteiger partial charge on any atom is 0.255 e. The molecule has 1 unspecified atom stereocenters. The average Bonchev–Trinajstić information content (AvgIpc) is 3.40. The van der Waals surface area contributed by atoms with Crippen LogP contribution in [0.2, 0.25) is 5.02 Å². The lowest BCUT2D eigenvalue weighted by Crippen LogP contribution is -2.31. The number of amides is 1. The average molecular weight is 562 g/mol. The number of hydrogen-bond donors (Lipinski definition) is 2. The summed E-state index contributed by atoms with van der Waals surface area (Å²) in [4.78, 5) is 18.6. The quantitative estimate of drug-likeness (QED) is 0.288. The zero-order valence-corrected chi connectivity index (χ0v) is 23.4. The maximum absolute atomic E-state index is 13.8. The minimum atomic E-state index is -0.605. The van der Waals surface area contributed by atoms with E-state index in [1.54, 1.807) is 69.5 Å². The summed E-state index contributed by atoms with van der Waals surface area (Å²) in [5.74, 6) is 2.51. The molecule has 1 aliphatic heterocycles. The van der Waals surface area contributed by atoms with Gasteiger partial charge in [0.05, 0.1) is 39.7 Å². The monoisotopic (exact) mass is 561 g/mol. The third-order valence-electron chi connectivity index (χ3n) is 6.56. The van der Waals surface area contributed by atoms with Crippen molar-refractivity contribution in [3.8, 4) is 34.4 Å². The number of halogens is 1. The summed E-state index contributed by atoms with van der Waals surface area (Å²) < 4.78 is 23.6. The first-order chi connectivity index (χ1) is 19.4. The summed E-state index contributed by atoms with van der Waals surface area (Å²) in [6, 6.07) is 17.5. The first-order valence-electron chi connectivity index (χ1n) is 12.3. The van der Waals surface area contributed by atoms with Crippen LogP contribution in [-0.4, -0.2) is 49.1 Å². The summed E-state index contributed by atoms with van der Waals surface area (Å²) in [6.07, 6.45) is 0. The highest BCUT2D eigenvalue weighted by atomic mass is 35.5. The highest BCUT2D eigenvalue weighted by molar-refractivity contribution is 6.30. The molecule has 3 aromatic carbocycles. The summed E-state index contributed by atoms with van der Waals surface area (Å²) >= 11 is 6.20. The summed E-state index contributed by atoms with van der Waals surface area (Å²) in [5.41, 5.74) is 3.09. The molecule has 0 bridgehead atoms. The summed E-state index contributed by atoms with van der Waals surface area (Å²) in [6.45, 7) is 1.83. The third-order valence-corrected chi connectivity index (χ3v) is 6.81. The summed E-state index contributed by atoms with van der Waals surface area (Å²) in [5, 5.41) is 11.7. The van der Waals surface area contributed by atoms with E-state index in [0.717, 1.165) is 5.56 Å². The van der Waals surface area contributed by atoms with Crippen molar-refractivity contribution in [1.29, 1.82) is 0 Å². The first kappa shape index (κ1) is 26.9. The molecule has 0 fully saturated rings. The molecular weight excluding hydrogens is 534 g/mol. The Balaban J connectivity index is 1.61. The number of rotatable bonds is 8. The number of benzene rings is 3. The second-order valence-corrected chi connectivity index (χ2v) is 9.33. The van der Waals surface area contributed by atoms with E-state index in [-0.39, 0.29) is 5.91 Å². The number of allylic oxidation sites excluding steroid dienone is 1. The number of nitrogens with one attached hydrogen (secondary N) is 2. The van der Waals surface area contributed by atoms with Crippen LogP contribution in [0.15, 0.2) is 71.9 Å². The standard InChI is InChI=1S/C29H28ClN5O5/c1-16-24(28(36)32-20-8-6-7-9-21(20)37-2)25(17-10-12-19(30)13-11-17)35-29(31-16)33-27(34-35)18-14-22(38-3)26(40-5)23(15-18)39-4/h6-15,25H,1-5H3,(H,32,36)(H,31,33,34). The Labute approximate surface area is 236 Å². The molecule has 1 aromatic heterocycles. The Bertz CT molecular complexity index is 1570. The minimum Gasteiger partial charge on any atom is -0.495 e. The van der Waals surface area contributed by atoms with Crippen molar-refractivity contribution >= 4 is 29.1 Å². The van der Waals surface area contributed by atoms with E-state index in [1.807, 2.05) is 31.2 Å². The van der Waals surface area contributed by atoms with Gasteiger partial charge in [0.1, 0.15) is 11.8 Å². The topological polar surface area (TPSA) is 109 Å². The van der Waals surface area contributed by atoms with Crippen LogP contribution >= 0.6 is 11.6 Å². The van der Waals surface area contributed by atoms with Gasteiger partial charge in [-0.3, -0.25) is 4.79 Å². The van der Waals surface area contributed by atoms with Gasteiger partial charge in [0.25, 0.3) is 5.91 Å². The fourth-order valence-corrected chi connectivity index (χ4v) is 4.79. The Morgan fingerprint density at radius 1 is 0.925 bits per heavy atom. The van der Waals surface area contributed by atoms with E-state index in [2.05, 4.69) is 10.6 Å². The molecule has 11 heteroatoms. The number of ether oxygens (including phenoxy) is 4. The number of hydrogen-bond acceptors (Lipinski definition) is 8. The number of fused-ring (bicyclic) bond motifs is 1. The first-order valence-corrected chi connectivity index (χ1v) is 12.7. The van der Waals surface area contributed by atoms with Gasteiger partial charge >= 0.3 is 0 Å². The minimum absolute atomic E-state index is 0.315. The van der Waals surface area contributed by atoms with Crippen LogP contribution in [0, 0.1) is 0 Å². The van der Waals surface area contributed by atoms with Crippen LogP contribution in [0.3, 0.4) is 0 Å². The van der Waals surface area contributed by atoms with Crippen molar-refractivity contribution in [2.75, 3.05) is 39.1 Å². The van der Waals surface area contributed by atoms with Gasteiger partial charge in [0.15, 0.2) is 17.3 Å². The van der Waals surface area contributed by atoms with Gasteiger partial charge in [-0.05, 0) is 48.9 Å². The number of anilines is 2. The van der Waals surface area contributed by atoms with Crippen molar-refractivity contribution < 1.29 is 23.7 Å². The SMILES string of the molecule is COc1ccccc1NC(=O)C1=C(C)Nc2nc(-c3cc(OC)c(OC)c(OC)c3)nn2C1c1ccc(Cl)cc1.